The molecule has 12 N–H and O–H groups in total. The fourth-order valence-electron chi connectivity index (χ4n) is 2.37. The highest BCUT2D eigenvalue weighted by atomic mass is 16.4. The Morgan fingerprint density at radius 3 is 1.70 bits per heavy atom. The van der Waals surface area contributed by atoms with Crippen molar-refractivity contribution in [2.45, 2.75) is 50.2 Å². The predicted molar refractivity (Wildman–Crippen MR) is 103 cm³/mol. The lowest BCUT2D eigenvalue weighted by molar-refractivity contribution is -0.144. The molecule has 0 aromatic rings. The Morgan fingerprint density at radius 1 is 0.733 bits per heavy atom. The van der Waals surface area contributed by atoms with E-state index in [4.69, 9.17) is 28.0 Å². The fraction of sp³-hybridized carbons (Fsp3) is 0.625. The van der Waals surface area contributed by atoms with E-state index in [0.29, 0.717) is 19.4 Å². The number of unbranched alkanes of at least 4 members (excludes halogenated alkanes) is 1. The number of primary amides is 2. The highest BCUT2D eigenvalue weighted by Crippen LogP contribution is 2.04. The molecular formula is C16H29N7O7. The van der Waals surface area contributed by atoms with Crippen LogP contribution in [0.2, 0.25) is 0 Å². The van der Waals surface area contributed by atoms with Gasteiger partial charge in [-0.2, -0.15) is 0 Å². The number of carbonyl (C=O) groups excluding carboxylic acids is 5. The number of nitrogens with two attached hydrogens (primary N) is 4. The molecule has 30 heavy (non-hydrogen) atoms. The second kappa shape index (κ2) is 13.8. The molecule has 3 atom stereocenters. The van der Waals surface area contributed by atoms with Gasteiger partial charge in [-0.1, -0.05) is 0 Å². The summed E-state index contributed by atoms with van der Waals surface area (Å²) in [6.45, 7) is -0.130. The van der Waals surface area contributed by atoms with E-state index < -0.39 is 73.0 Å². The van der Waals surface area contributed by atoms with Gasteiger partial charge in [-0.15, -0.1) is 0 Å². The van der Waals surface area contributed by atoms with Crippen LogP contribution in [0.15, 0.2) is 0 Å². The molecule has 5 amide bonds. The SMILES string of the molecule is NCCCCC(NC(=O)C(CC(N)=O)NC(=O)CN)C(=O)NC(CC(N)=O)C(=O)O. The lowest BCUT2D eigenvalue weighted by Crippen LogP contribution is -2.57. The third kappa shape index (κ3) is 10.9. The molecule has 0 rings (SSSR count). The monoisotopic (exact) mass is 431 g/mol. The molecule has 0 fully saturated rings. The van der Waals surface area contributed by atoms with Gasteiger partial charge < -0.3 is 44.0 Å². The van der Waals surface area contributed by atoms with Gasteiger partial charge in [-0.25, -0.2) is 4.79 Å². The Morgan fingerprint density at radius 2 is 1.23 bits per heavy atom. The van der Waals surface area contributed by atoms with Crippen LogP contribution in [0.25, 0.3) is 0 Å². The standard InChI is InChI=1S/C16H29N7O7/c17-4-2-1-3-8(14(27)23-10(16(29)30)6-12(20)25)22-15(28)9(5-11(19)24)21-13(26)7-18/h8-10H,1-7,17-18H2,(H2,19,24)(H2,20,25)(H,21,26)(H,22,28)(H,23,27)(H,29,30). The molecule has 0 aromatic carbocycles. The van der Waals surface area contributed by atoms with Gasteiger partial charge in [-0.05, 0) is 25.8 Å². The highest BCUT2D eigenvalue weighted by molar-refractivity contribution is 5.96. The van der Waals surface area contributed by atoms with E-state index in [1.165, 1.54) is 0 Å². The van der Waals surface area contributed by atoms with Crippen molar-refractivity contribution in [3.63, 3.8) is 0 Å². The molecule has 170 valence electrons. The van der Waals surface area contributed by atoms with E-state index in [2.05, 4.69) is 16.0 Å². The minimum Gasteiger partial charge on any atom is -0.480 e. The van der Waals surface area contributed by atoms with E-state index in [1.54, 1.807) is 0 Å². The van der Waals surface area contributed by atoms with Crippen molar-refractivity contribution in [3.8, 4) is 0 Å². The van der Waals surface area contributed by atoms with Crippen molar-refractivity contribution in [2.75, 3.05) is 13.1 Å². The first kappa shape index (κ1) is 26.7. The quantitative estimate of drug-likeness (QED) is 0.116. The topological polar surface area (TPSA) is 263 Å². The Labute approximate surface area is 172 Å². The van der Waals surface area contributed by atoms with E-state index >= 15 is 0 Å². The van der Waals surface area contributed by atoms with Crippen LogP contribution in [-0.4, -0.2) is 71.8 Å². The minimum absolute atomic E-state index is 0.0752. The Kier molecular flexibility index (Phi) is 12.3. The number of carboxylic acid groups (broad SMARTS) is 1. The second-order valence-electron chi connectivity index (χ2n) is 6.41. The third-order valence-electron chi connectivity index (χ3n) is 3.84. The molecule has 0 heterocycles. The first-order chi connectivity index (χ1) is 14.0. The predicted octanol–water partition coefficient (Wildman–Crippen LogP) is -4.64. The van der Waals surface area contributed by atoms with Gasteiger partial charge in [0.2, 0.25) is 29.5 Å². The maximum absolute atomic E-state index is 12.5. The molecule has 0 spiro atoms. The van der Waals surface area contributed by atoms with Gasteiger partial charge in [-0.3, -0.25) is 24.0 Å². The summed E-state index contributed by atoms with van der Waals surface area (Å²) in [5, 5.41) is 15.8. The largest absolute Gasteiger partial charge is 0.480 e. The highest BCUT2D eigenvalue weighted by Gasteiger charge is 2.30. The summed E-state index contributed by atoms with van der Waals surface area (Å²) in [6, 6.07) is -4.21. The first-order valence-corrected chi connectivity index (χ1v) is 9.11. The number of carbonyl (C=O) groups is 6. The molecule has 0 bridgehead atoms. The number of aliphatic carboxylic acids is 1. The van der Waals surface area contributed by atoms with Gasteiger partial charge >= 0.3 is 5.97 Å². The van der Waals surface area contributed by atoms with Crippen LogP contribution < -0.4 is 38.9 Å². The average Bonchev–Trinajstić information content (AvgIpc) is 2.65. The number of rotatable bonds is 15. The molecule has 0 aliphatic rings. The Balaban J connectivity index is 5.40. The van der Waals surface area contributed by atoms with E-state index in [1.807, 2.05) is 0 Å². The van der Waals surface area contributed by atoms with Gasteiger partial charge in [0.1, 0.15) is 18.1 Å². The van der Waals surface area contributed by atoms with E-state index in [9.17, 15) is 28.8 Å². The van der Waals surface area contributed by atoms with Crippen LogP contribution in [0.5, 0.6) is 0 Å². The summed E-state index contributed by atoms with van der Waals surface area (Å²) in [6.07, 6.45) is -0.211. The smallest absolute Gasteiger partial charge is 0.326 e. The lowest BCUT2D eigenvalue weighted by atomic mass is 10.1. The van der Waals surface area contributed by atoms with Crippen molar-refractivity contribution in [2.24, 2.45) is 22.9 Å². The van der Waals surface area contributed by atoms with Crippen LogP contribution in [-0.2, 0) is 28.8 Å². The molecule has 0 aromatic heterocycles. The summed E-state index contributed by atoms with van der Waals surface area (Å²) < 4.78 is 0. The second-order valence-corrected chi connectivity index (χ2v) is 6.41. The summed E-state index contributed by atoms with van der Waals surface area (Å²) in [5.41, 5.74) is 20.6. The number of carboxylic acids is 1. The van der Waals surface area contributed by atoms with Crippen molar-refractivity contribution in [1.29, 1.82) is 0 Å². The Hall–Kier alpha value is -3.26. The molecule has 0 saturated carbocycles. The molecule has 0 radical (unpaired) electrons. The van der Waals surface area contributed by atoms with Crippen LogP contribution in [0.1, 0.15) is 32.1 Å². The maximum Gasteiger partial charge on any atom is 0.326 e. The van der Waals surface area contributed by atoms with Crippen molar-refractivity contribution >= 4 is 35.5 Å². The number of hydrogen-bond acceptors (Lipinski definition) is 8. The van der Waals surface area contributed by atoms with Gasteiger partial charge in [0.15, 0.2) is 0 Å². The lowest BCUT2D eigenvalue weighted by Gasteiger charge is -2.24. The van der Waals surface area contributed by atoms with Crippen LogP contribution in [0.3, 0.4) is 0 Å². The molecule has 14 nitrogen and oxygen atoms in total. The summed E-state index contributed by atoms with van der Waals surface area (Å²) >= 11 is 0. The van der Waals surface area contributed by atoms with Crippen molar-refractivity contribution < 1.29 is 33.9 Å². The summed E-state index contributed by atoms with van der Waals surface area (Å²) in [7, 11) is 0. The molecule has 14 heteroatoms. The minimum atomic E-state index is -1.60. The maximum atomic E-state index is 12.5. The Bertz CT molecular complexity index is 656. The molecule has 3 unspecified atom stereocenters. The molecular weight excluding hydrogens is 402 g/mol. The fourth-order valence-corrected chi connectivity index (χ4v) is 2.37. The average molecular weight is 431 g/mol. The third-order valence-corrected chi connectivity index (χ3v) is 3.84. The zero-order valence-electron chi connectivity index (χ0n) is 16.4. The summed E-state index contributed by atoms with van der Waals surface area (Å²) in [5.74, 6) is -5.84. The van der Waals surface area contributed by atoms with Crippen LogP contribution in [0, 0.1) is 0 Å². The van der Waals surface area contributed by atoms with E-state index in [0.717, 1.165) is 0 Å². The van der Waals surface area contributed by atoms with Crippen LogP contribution >= 0.6 is 0 Å². The number of nitrogens with one attached hydrogen (secondary N) is 3. The zero-order valence-corrected chi connectivity index (χ0v) is 16.4. The molecule has 0 saturated heterocycles. The van der Waals surface area contributed by atoms with Crippen LogP contribution in [0.4, 0.5) is 0 Å². The molecule has 0 aliphatic heterocycles. The summed E-state index contributed by atoms with van der Waals surface area (Å²) in [4.78, 5) is 69.9. The normalized spacial score (nSPS) is 13.4. The molecule has 0 aliphatic carbocycles. The number of amides is 5. The van der Waals surface area contributed by atoms with Gasteiger partial charge in [0, 0.05) is 0 Å². The van der Waals surface area contributed by atoms with Crippen molar-refractivity contribution in [3.05, 3.63) is 0 Å². The van der Waals surface area contributed by atoms with Gasteiger partial charge in [0.25, 0.3) is 0 Å². The zero-order chi connectivity index (χ0) is 23.3. The van der Waals surface area contributed by atoms with Crippen molar-refractivity contribution in [1.82, 2.24) is 16.0 Å². The van der Waals surface area contributed by atoms with Gasteiger partial charge in [0.05, 0.1) is 19.4 Å². The number of hydrogen-bond donors (Lipinski definition) is 8. The first-order valence-electron chi connectivity index (χ1n) is 9.11. The van der Waals surface area contributed by atoms with E-state index in [-0.39, 0.29) is 6.42 Å².